The molecule has 14 heavy (non-hydrogen) atoms. The maximum atomic E-state index is 6.03. The Morgan fingerprint density at radius 1 is 1.57 bits per heavy atom. The van der Waals surface area contributed by atoms with Gasteiger partial charge in [0.2, 0.25) is 0 Å². The van der Waals surface area contributed by atoms with E-state index in [-0.39, 0.29) is 0 Å². The lowest BCUT2D eigenvalue weighted by Crippen LogP contribution is -1.94. The van der Waals surface area contributed by atoms with Gasteiger partial charge in [-0.15, -0.1) is 34.7 Å². The number of hydrogen-bond donors (Lipinski definition) is 1. The molecule has 0 aliphatic carbocycles. The molecule has 0 radical (unpaired) electrons. The van der Waals surface area contributed by atoms with E-state index >= 15 is 0 Å². The molecule has 1 nitrogen and oxygen atoms in total. The highest BCUT2D eigenvalue weighted by Gasteiger charge is 2.10. The zero-order chi connectivity index (χ0) is 10.1. The Balaban J connectivity index is 2.80. The van der Waals surface area contributed by atoms with Crippen LogP contribution in [0.3, 0.4) is 0 Å². The molecule has 2 N–H and O–H groups in total. The van der Waals surface area contributed by atoms with Crippen LogP contribution in [0.4, 0.5) is 5.69 Å². The maximum Gasteiger partial charge on any atom is 0.0503 e. The lowest BCUT2D eigenvalue weighted by Gasteiger charge is -2.08. The van der Waals surface area contributed by atoms with E-state index in [0.717, 1.165) is 16.1 Å². The van der Waals surface area contributed by atoms with Gasteiger partial charge in [-0.25, -0.2) is 0 Å². The van der Waals surface area contributed by atoms with Gasteiger partial charge in [-0.05, 0) is 34.7 Å². The summed E-state index contributed by atoms with van der Waals surface area (Å²) in [6, 6.07) is 4.22. The molecule has 4 heteroatoms. The summed E-state index contributed by atoms with van der Waals surface area (Å²) in [7, 11) is 0. The zero-order valence-electron chi connectivity index (χ0n) is 7.71. The van der Waals surface area contributed by atoms with E-state index in [1.54, 1.807) is 23.1 Å². The topological polar surface area (TPSA) is 26.0 Å². The molecule has 0 amide bonds. The van der Waals surface area contributed by atoms with Crippen molar-refractivity contribution in [2.75, 3.05) is 12.0 Å². The predicted molar refractivity (Wildman–Crippen MR) is 67.6 cm³/mol. The molecule has 2 rings (SSSR count). The van der Waals surface area contributed by atoms with Crippen LogP contribution in [-0.2, 0) is 5.88 Å². The number of alkyl halides is 1. The normalized spacial score (nSPS) is 11.0. The van der Waals surface area contributed by atoms with E-state index < -0.39 is 0 Å². The van der Waals surface area contributed by atoms with Crippen LogP contribution < -0.4 is 5.73 Å². The lowest BCUT2D eigenvalue weighted by atomic mass is 10.1. The lowest BCUT2D eigenvalue weighted by molar-refractivity contribution is 1.38. The van der Waals surface area contributed by atoms with Gasteiger partial charge in [-0.1, -0.05) is 0 Å². The molecule has 1 heterocycles. The van der Waals surface area contributed by atoms with E-state index in [1.165, 1.54) is 10.1 Å². The second-order valence-corrected chi connectivity index (χ2v) is 5.00. The molecule has 0 spiro atoms. The molecule has 0 fully saturated rings. The highest BCUT2D eigenvalue weighted by atomic mass is 35.5. The van der Waals surface area contributed by atoms with Crippen molar-refractivity contribution in [3.8, 4) is 0 Å². The number of anilines is 1. The van der Waals surface area contributed by atoms with Crippen molar-refractivity contribution < 1.29 is 0 Å². The van der Waals surface area contributed by atoms with Gasteiger partial charge in [0.15, 0.2) is 0 Å². The molecule has 0 saturated carbocycles. The molecule has 0 aliphatic rings. The third-order valence-electron chi connectivity index (χ3n) is 2.23. The molecule has 1 aromatic heterocycles. The maximum absolute atomic E-state index is 6.03. The summed E-state index contributed by atoms with van der Waals surface area (Å²) in [5.74, 6) is 0.480. The van der Waals surface area contributed by atoms with Crippen LogP contribution in [0.25, 0.3) is 10.1 Å². The summed E-state index contributed by atoms with van der Waals surface area (Å²) in [4.78, 5) is 1.12. The quantitative estimate of drug-likeness (QED) is 0.491. The van der Waals surface area contributed by atoms with Crippen LogP contribution in [0.1, 0.15) is 5.56 Å². The van der Waals surface area contributed by atoms with Gasteiger partial charge in [-0.3, -0.25) is 0 Å². The third-order valence-corrected chi connectivity index (χ3v) is 4.14. The minimum Gasteiger partial charge on any atom is -0.398 e. The molecule has 0 saturated heterocycles. The van der Waals surface area contributed by atoms with Crippen LogP contribution >= 0.6 is 34.7 Å². The first-order valence-electron chi connectivity index (χ1n) is 4.16. The number of thiophene rings is 1. The number of benzene rings is 1. The van der Waals surface area contributed by atoms with Gasteiger partial charge in [-0.2, -0.15) is 0 Å². The van der Waals surface area contributed by atoms with Crippen molar-refractivity contribution in [1.82, 2.24) is 0 Å². The number of hydrogen-bond acceptors (Lipinski definition) is 3. The second kappa shape index (κ2) is 4.01. The van der Waals surface area contributed by atoms with E-state index in [1.807, 2.05) is 6.26 Å². The second-order valence-electron chi connectivity index (χ2n) is 2.94. The molecule has 0 unspecified atom stereocenters. The first-order valence-corrected chi connectivity index (χ1v) is 6.80. The Bertz CT molecular complexity index is 464. The van der Waals surface area contributed by atoms with Crippen LogP contribution in [0.15, 0.2) is 22.4 Å². The number of thioether (sulfide) groups is 1. The average Bonchev–Trinajstić information content (AvgIpc) is 2.64. The number of fused-ring (bicyclic) bond motifs is 1. The molecule has 0 atom stereocenters. The molecular formula is C10H10ClNS2. The smallest absolute Gasteiger partial charge is 0.0503 e. The van der Waals surface area contributed by atoms with E-state index in [0.29, 0.717) is 5.88 Å². The minimum atomic E-state index is 0.480. The molecule has 2 aromatic rings. The van der Waals surface area contributed by atoms with Gasteiger partial charge in [0.1, 0.15) is 0 Å². The summed E-state index contributed by atoms with van der Waals surface area (Å²) < 4.78 is 1.26. The van der Waals surface area contributed by atoms with Gasteiger partial charge in [0.25, 0.3) is 0 Å². The fourth-order valence-corrected chi connectivity index (χ4v) is 3.28. The van der Waals surface area contributed by atoms with Crippen LogP contribution in [-0.4, -0.2) is 6.26 Å². The van der Waals surface area contributed by atoms with Crippen LogP contribution in [0, 0.1) is 0 Å². The fraction of sp³-hybridized carbons (Fsp3) is 0.200. The molecule has 74 valence electrons. The fourth-order valence-electron chi connectivity index (χ4n) is 1.49. The number of nitrogens with two attached hydrogens (primary N) is 1. The van der Waals surface area contributed by atoms with Crippen molar-refractivity contribution in [2.45, 2.75) is 10.8 Å². The van der Waals surface area contributed by atoms with Crippen molar-refractivity contribution in [1.29, 1.82) is 0 Å². The average molecular weight is 244 g/mol. The van der Waals surface area contributed by atoms with Gasteiger partial charge < -0.3 is 5.73 Å². The third kappa shape index (κ3) is 1.49. The molecule has 1 aromatic carbocycles. The van der Waals surface area contributed by atoms with Gasteiger partial charge in [0.05, 0.1) is 11.6 Å². The summed E-state index contributed by atoms with van der Waals surface area (Å²) in [6.07, 6.45) is 2.03. The van der Waals surface area contributed by atoms with Crippen LogP contribution in [0.5, 0.6) is 0 Å². The number of halogens is 1. The zero-order valence-corrected chi connectivity index (χ0v) is 10.1. The molecule has 0 aliphatic heterocycles. The number of nitrogen functional groups attached to an aromatic ring is 1. The summed E-state index contributed by atoms with van der Waals surface area (Å²) in [6.45, 7) is 0. The highest BCUT2D eigenvalue weighted by molar-refractivity contribution is 7.98. The Morgan fingerprint density at radius 2 is 2.36 bits per heavy atom. The van der Waals surface area contributed by atoms with Crippen molar-refractivity contribution in [2.24, 2.45) is 0 Å². The first kappa shape index (κ1) is 10.1. The molecule has 0 bridgehead atoms. The Kier molecular flexibility index (Phi) is 2.91. The monoisotopic (exact) mass is 243 g/mol. The summed E-state index contributed by atoms with van der Waals surface area (Å²) >= 11 is 9.31. The minimum absolute atomic E-state index is 0.480. The first-order chi connectivity index (χ1) is 6.77. The largest absolute Gasteiger partial charge is 0.398 e. The SMILES string of the molecule is CSc1cc2sccc2c(CCl)c1N. The number of rotatable bonds is 2. The van der Waals surface area contributed by atoms with E-state index in [4.69, 9.17) is 17.3 Å². The molecular weight excluding hydrogens is 234 g/mol. The Hall–Kier alpha value is -0.380. The van der Waals surface area contributed by atoms with Gasteiger partial charge >= 0.3 is 0 Å². The van der Waals surface area contributed by atoms with Crippen molar-refractivity contribution in [3.63, 3.8) is 0 Å². The van der Waals surface area contributed by atoms with Crippen molar-refractivity contribution in [3.05, 3.63) is 23.1 Å². The van der Waals surface area contributed by atoms with E-state index in [2.05, 4.69) is 17.5 Å². The summed E-state index contributed by atoms with van der Waals surface area (Å²) in [5, 5.41) is 3.27. The summed E-state index contributed by atoms with van der Waals surface area (Å²) in [5.41, 5.74) is 7.93. The standard InChI is InChI=1S/C10H10ClNS2/c1-13-9-4-8-6(2-3-14-8)7(5-11)10(9)12/h2-4H,5,12H2,1H3. The highest BCUT2D eigenvalue weighted by Crippen LogP contribution is 2.36. The van der Waals surface area contributed by atoms with E-state index in [9.17, 15) is 0 Å². The van der Waals surface area contributed by atoms with Crippen LogP contribution in [0.2, 0.25) is 0 Å². The van der Waals surface area contributed by atoms with Gasteiger partial charge in [0, 0.05) is 9.60 Å². The Morgan fingerprint density at radius 3 is 3.00 bits per heavy atom. The Labute approximate surface area is 96.2 Å². The predicted octanol–water partition coefficient (Wildman–Crippen LogP) is 3.94. The van der Waals surface area contributed by atoms with Crippen molar-refractivity contribution >= 4 is 50.5 Å².